The fraction of sp³-hybridized carbons (Fsp3) is 0.152. The van der Waals surface area contributed by atoms with Crippen LogP contribution in [-0.2, 0) is 20.9 Å². The Morgan fingerprint density at radius 2 is 1.64 bits per heavy atom. The molecule has 1 N–H and O–H groups in total. The average molecular weight is 626 g/mol. The first-order valence-corrected chi connectivity index (χ1v) is 15.5. The Morgan fingerprint density at radius 1 is 0.909 bits per heavy atom. The molecule has 220 valence electrons. The van der Waals surface area contributed by atoms with Crippen molar-refractivity contribution < 1.29 is 23.5 Å². The molecule has 3 atom stereocenters. The van der Waals surface area contributed by atoms with Gasteiger partial charge in [-0.25, -0.2) is 9.29 Å². The Hall–Kier alpha value is -4.74. The molecule has 1 fully saturated rings. The molecule has 1 saturated heterocycles. The molecule has 2 aliphatic heterocycles. The summed E-state index contributed by atoms with van der Waals surface area (Å²) < 4.78 is 20.4. The van der Waals surface area contributed by atoms with Gasteiger partial charge in [-0.15, -0.1) is 0 Å². The molecule has 3 unspecified atom stereocenters. The Balaban J connectivity index is 1.28. The second-order valence-corrected chi connectivity index (χ2v) is 12.6. The van der Waals surface area contributed by atoms with Crippen molar-refractivity contribution in [1.29, 1.82) is 0 Å². The van der Waals surface area contributed by atoms with E-state index < -0.39 is 40.6 Å². The number of methoxy groups -OCH3 is 1. The molecule has 0 bridgehead atoms. The van der Waals surface area contributed by atoms with Crippen molar-refractivity contribution in [3.63, 3.8) is 0 Å². The maximum Gasteiger partial charge on any atom is 0.308 e. The number of nitrogens with zero attached hydrogens (tertiary/aromatic N) is 2. The second kappa shape index (κ2) is 11.1. The summed E-state index contributed by atoms with van der Waals surface area (Å²) in [5.41, 5.74) is 1.64. The smallest absolute Gasteiger partial charge is 0.308 e. The fourth-order valence-electron chi connectivity index (χ4n) is 5.94. The Kier molecular flexibility index (Phi) is 7.06. The van der Waals surface area contributed by atoms with Crippen LogP contribution in [0, 0.1) is 11.7 Å². The van der Waals surface area contributed by atoms with E-state index in [9.17, 15) is 23.6 Å². The third-order valence-corrected chi connectivity index (χ3v) is 10.6. The molecule has 0 aliphatic carbocycles. The number of rotatable bonds is 6. The summed E-state index contributed by atoms with van der Waals surface area (Å²) in [6.07, 6.45) is 0. The van der Waals surface area contributed by atoms with Crippen molar-refractivity contribution in [2.45, 2.75) is 22.7 Å². The van der Waals surface area contributed by atoms with Gasteiger partial charge in [0, 0.05) is 21.9 Å². The predicted octanol–water partition coefficient (Wildman–Crippen LogP) is 5.65. The van der Waals surface area contributed by atoms with E-state index in [0.717, 1.165) is 44.3 Å². The van der Waals surface area contributed by atoms with Gasteiger partial charge in [0.1, 0.15) is 23.4 Å². The van der Waals surface area contributed by atoms with E-state index in [1.165, 1.54) is 28.8 Å². The standard InChI is InChI=1S/C33H24FN3O5S2/c1-42-22-15-9-19(10-16-22)26-27-28(31(40)37(30(27)39)21-13-11-20(34)12-14-21)43-32-29(26)44-33(41)36(32)17-25(38)35-24-8-4-6-18-5-2-3-7-23(18)24/h2-16,26-28H,17H2,1H3,(H,35,38). The zero-order chi connectivity index (χ0) is 30.5. The van der Waals surface area contributed by atoms with Gasteiger partial charge in [0.15, 0.2) is 0 Å². The van der Waals surface area contributed by atoms with Gasteiger partial charge in [0.25, 0.3) is 0 Å². The predicted molar refractivity (Wildman–Crippen MR) is 168 cm³/mol. The van der Waals surface area contributed by atoms with Gasteiger partial charge in [0.2, 0.25) is 17.7 Å². The van der Waals surface area contributed by atoms with E-state index in [4.69, 9.17) is 4.74 Å². The topological polar surface area (TPSA) is 97.7 Å². The Morgan fingerprint density at radius 3 is 2.39 bits per heavy atom. The van der Waals surface area contributed by atoms with Crippen LogP contribution in [0.15, 0.2) is 101 Å². The number of aromatic nitrogens is 1. The number of anilines is 2. The lowest BCUT2D eigenvalue weighted by Gasteiger charge is -2.30. The van der Waals surface area contributed by atoms with E-state index in [-0.39, 0.29) is 17.1 Å². The van der Waals surface area contributed by atoms with Crippen molar-refractivity contribution in [3.8, 4) is 5.75 Å². The minimum atomic E-state index is -0.853. The molecule has 0 radical (unpaired) electrons. The summed E-state index contributed by atoms with van der Waals surface area (Å²) in [4.78, 5) is 55.9. The minimum absolute atomic E-state index is 0.266. The molecular formula is C33H24FN3O5S2. The van der Waals surface area contributed by atoms with Gasteiger partial charge in [0.05, 0.1) is 23.7 Å². The Labute approximate surface area is 259 Å². The molecule has 0 saturated carbocycles. The van der Waals surface area contributed by atoms with Crippen molar-refractivity contribution in [2.75, 3.05) is 17.3 Å². The molecule has 2 aliphatic rings. The zero-order valence-corrected chi connectivity index (χ0v) is 24.9. The highest BCUT2D eigenvalue weighted by Gasteiger charge is 2.56. The SMILES string of the molecule is COc1ccc(C2c3sc(=O)n(CC(=O)Nc4cccc5ccccc45)c3SC3C(=O)N(c4ccc(F)cc4)C(=O)C32)cc1. The minimum Gasteiger partial charge on any atom is -0.497 e. The van der Waals surface area contributed by atoms with Gasteiger partial charge >= 0.3 is 4.87 Å². The van der Waals surface area contributed by atoms with Crippen LogP contribution >= 0.6 is 23.1 Å². The highest BCUT2D eigenvalue weighted by atomic mass is 32.2. The number of ether oxygens (including phenoxy) is 1. The van der Waals surface area contributed by atoms with E-state index in [2.05, 4.69) is 5.32 Å². The maximum atomic E-state index is 14.0. The number of hydrogen-bond donors (Lipinski definition) is 1. The van der Waals surface area contributed by atoms with Crippen molar-refractivity contribution in [2.24, 2.45) is 5.92 Å². The molecular weight excluding hydrogens is 602 g/mol. The van der Waals surface area contributed by atoms with Gasteiger partial charge in [-0.05, 0) is 53.4 Å². The lowest BCUT2D eigenvalue weighted by atomic mass is 9.83. The number of amides is 3. The number of fused-ring (bicyclic) bond motifs is 3. The van der Waals surface area contributed by atoms with Gasteiger partial charge in [-0.1, -0.05) is 71.6 Å². The number of imide groups is 1. The quantitative estimate of drug-likeness (QED) is 0.245. The summed E-state index contributed by atoms with van der Waals surface area (Å²) in [6, 6.07) is 25.7. The zero-order valence-electron chi connectivity index (χ0n) is 23.2. The van der Waals surface area contributed by atoms with Gasteiger partial charge < -0.3 is 10.1 Å². The van der Waals surface area contributed by atoms with E-state index >= 15 is 0 Å². The number of carbonyl (C=O) groups is 3. The van der Waals surface area contributed by atoms with Crippen LogP contribution in [0.25, 0.3) is 10.8 Å². The molecule has 4 aromatic carbocycles. The number of carbonyl (C=O) groups excluding carboxylic acids is 3. The van der Waals surface area contributed by atoms with Crippen LogP contribution in [0.4, 0.5) is 15.8 Å². The van der Waals surface area contributed by atoms with E-state index in [1.54, 1.807) is 25.3 Å². The number of thioether (sulfide) groups is 1. The van der Waals surface area contributed by atoms with Crippen molar-refractivity contribution in [3.05, 3.63) is 117 Å². The average Bonchev–Trinajstić information content (AvgIpc) is 3.48. The number of hydrogen-bond acceptors (Lipinski definition) is 7. The molecule has 1 aromatic heterocycles. The molecule has 11 heteroatoms. The number of thiazole rings is 1. The van der Waals surface area contributed by atoms with Crippen LogP contribution in [0.3, 0.4) is 0 Å². The monoisotopic (exact) mass is 625 g/mol. The summed E-state index contributed by atoms with van der Waals surface area (Å²) in [5, 5.41) is 4.40. The fourth-order valence-corrected chi connectivity index (χ4v) is 8.71. The summed E-state index contributed by atoms with van der Waals surface area (Å²) in [5.74, 6) is -2.57. The second-order valence-electron chi connectivity index (χ2n) is 10.5. The summed E-state index contributed by atoms with van der Waals surface area (Å²) in [7, 11) is 1.55. The molecule has 44 heavy (non-hydrogen) atoms. The molecule has 0 spiro atoms. The first-order chi connectivity index (χ1) is 21.3. The van der Waals surface area contributed by atoms with Crippen LogP contribution in [0.5, 0.6) is 5.75 Å². The Bertz CT molecular complexity index is 2000. The highest BCUT2D eigenvalue weighted by Crippen LogP contribution is 2.54. The van der Waals surface area contributed by atoms with Crippen LogP contribution < -0.4 is 19.8 Å². The van der Waals surface area contributed by atoms with Crippen molar-refractivity contribution >= 4 is 63.0 Å². The van der Waals surface area contributed by atoms with E-state index in [1.807, 2.05) is 48.5 Å². The third-order valence-electron chi connectivity index (χ3n) is 7.97. The van der Waals surface area contributed by atoms with Crippen LogP contribution in [-0.4, -0.2) is 34.6 Å². The lowest BCUT2D eigenvalue weighted by Crippen LogP contribution is -2.33. The largest absolute Gasteiger partial charge is 0.497 e. The van der Waals surface area contributed by atoms with Gasteiger partial charge in [-0.2, -0.15) is 0 Å². The normalized spacial score (nSPS) is 19.1. The first kappa shape index (κ1) is 28.1. The number of nitrogens with one attached hydrogen (secondary N) is 1. The summed E-state index contributed by atoms with van der Waals surface area (Å²) >= 11 is 2.10. The summed E-state index contributed by atoms with van der Waals surface area (Å²) in [6.45, 7) is -0.266. The van der Waals surface area contributed by atoms with Crippen LogP contribution in [0.1, 0.15) is 16.4 Å². The molecule has 5 aromatic rings. The van der Waals surface area contributed by atoms with Crippen molar-refractivity contribution in [1.82, 2.24) is 4.57 Å². The van der Waals surface area contributed by atoms with E-state index in [0.29, 0.717) is 21.3 Å². The molecule has 3 amide bonds. The number of halogens is 1. The highest BCUT2D eigenvalue weighted by molar-refractivity contribution is 8.00. The third kappa shape index (κ3) is 4.68. The number of benzene rings is 4. The van der Waals surface area contributed by atoms with Gasteiger partial charge in [-0.3, -0.25) is 23.7 Å². The molecule has 3 heterocycles. The lowest BCUT2D eigenvalue weighted by molar-refractivity contribution is -0.122. The first-order valence-electron chi connectivity index (χ1n) is 13.8. The van der Waals surface area contributed by atoms with Crippen LogP contribution in [0.2, 0.25) is 0 Å². The molecule has 8 nitrogen and oxygen atoms in total. The molecule has 7 rings (SSSR count). The maximum absolute atomic E-state index is 14.0.